The molecular weight excluding hydrogens is 342 g/mol. The highest BCUT2D eigenvalue weighted by Crippen LogP contribution is 2.60. The minimum absolute atomic E-state index is 0.148. The minimum Gasteiger partial charge on any atom is -0.497 e. The van der Waals surface area contributed by atoms with E-state index in [2.05, 4.69) is 15.5 Å². The van der Waals surface area contributed by atoms with Crippen LogP contribution >= 0.6 is 0 Å². The highest BCUT2D eigenvalue weighted by Gasteiger charge is 2.54. The van der Waals surface area contributed by atoms with Crippen LogP contribution in [0.2, 0.25) is 0 Å². The second-order valence-electron chi connectivity index (χ2n) is 8.62. The Morgan fingerprint density at radius 1 is 1.22 bits per heavy atom. The van der Waals surface area contributed by atoms with Gasteiger partial charge >= 0.3 is 0 Å². The van der Waals surface area contributed by atoms with Gasteiger partial charge in [0.15, 0.2) is 0 Å². The molecule has 1 amide bonds. The van der Waals surface area contributed by atoms with Crippen molar-refractivity contribution in [3.8, 4) is 17.1 Å². The number of carbonyl (C=O) groups is 1. The lowest BCUT2D eigenvalue weighted by atomic mass is 9.49. The van der Waals surface area contributed by atoms with E-state index in [0.717, 1.165) is 48.3 Å². The quantitative estimate of drug-likeness (QED) is 0.874. The summed E-state index contributed by atoms with van der Waals surface area (Å²) in [4.78, 5) is 17.4. The number of nitrogens with one attached hydrogen (secondary N) is 1. The van der Waals surface area contributed by atoms with Gasteiger partial charge in [0.2, 0.25) is 17.6 Å². The maximum absolute atomic E-state index is 13.0. The van der Waals surface area contributed by atoms with Crippen LogP contribution < -0.4 is 10.1 Å². The van der Waals surface area contributed by atoms with Crippen molar-refractivity contribution < 1.29 is 14.1 Å². The topological polar surface area (TPSA) is 77.3 Å². The maximum Gasteiger partial charge on any atom is 0.246 e. The number of benzene rings is 1. The Kier molecular flexibility index (Phi) is 3.95. The van der Waals surface area contributed by atoms with Gasteiger partial charge in [-0.25, -0.2) is 0 Å². The molecule has 1 N–H and O–H groups in total. The molecule has 0 aliphatic heterocycles. The lowest BCUT2D eigenvalue weighted by Crippen LogP contribution is -2.53. The van der Waals surface area contributed by atoms with E-state index in [4.69, 9.17) is 9.26 Å². The largest absolute Gasteiger partial charge is 0.497 e. The van der Waals surface area contributed by atoms with Crippen LogP contribution in [0.3, 0.4) is 0 Å². The number of hydrogen-bond acceptors (Lipinski definition) is 5. The van der Waals surface area contributed by atoms with E-state index in [1.54, 1.807) is 7.11 Å². The Hall–Kier alpha value is -2.37. The minimum atomic E-state index is -0.148. The summed E-state index contributed by atoms with van der Waals surface area (Å²) in [6, 6.07) is 7.53. The van der Waals surface area contributed by atoms with Gasteiger partial charge in [-0.3, -0.25) is 4.79 Å². The van der Waals surface area contributed by atoms with E-state index in [1.165, 1.54) is 19.3 Å². The second-order valence-corrected chi connectivity index (χ2v) is 8.62. The molecule has 4 bridgehead atoms. The highest BCUT2D eigenvalue weighted by molar-refractivity contribution is 5.83. The normalized spacial score (nSPS) is 31.1. The van der Waals surface area contributed by atoms with E-state index < -0.39 is 0 Å². The molecule has 4 saturated carbocycles. The molecule has 2 aromatic rings. The Morgan fingerprint density at radius 2 is 1.93 bits per heavy atom. The summed E-state index contributed by atoms with van der Waals surface area (Å²) in [6.07, 6.45) is 7.18. The van der Waals surface area contributed by atoms with Crippen molar-refractivity contribution in [2.45, 2.75) is 45.1 Å². The first-order valence-electron chi connectivity index (χ1n) is 9.89. The summed E-state index contributed by atoms with van der Waals surface area (Å²) < 4.78 is 10.6. The van der Waals surface area contributed by atoms with Gasteiger partial charge in [-0.05, 0) is 68.4 Å². The van der Waals surface area contributed by atoms with Crippen molar-refractivity contribution in [2.75, 3.05) is 7.11 Å². The van der Waals surface area contributed by atoms with E-state index in [1.807, 2.05) is 24.3 Å². The number of ether oxygens (including phenoxy) is 1. The van der Waals surface area contributed by atoms with Crippen molar-refractivity contribution in [1.82, 2.24) is 15.5 Å². The van der Waals surface area contributed by atoms with Crippen LogP contribution in [0.1, 0.15) is 44.4 Å². The molecule has 1 heterocycles. The van der Waals surface area contributed by atoms with Crippen molar-refractivity contribution >= 4 is 5.91 Å². The zero-order valence-electron chi connectivity index (χ0n) is 15.6. The molecule has 1 aromatic heterocycles. The first-order chi connectivity index (χ1) is 13.1. The number of aromatic nitrogens is 2. The van der Waals surface area contributed by atoms with Crippen LogP contribution in [0, 0.1) is 23.2 Å². The number of rotatable bonds is 5. The maximum atomic E-state index is 13.0. The molecule has 4 aliphatic carbocycles. The van der Waals surface area contributed by atoms with Gasteiger partial charge in [0.25, 0.3) is 0 Å². The van der Waals surface area contributed by atoms with Gasteiger partial charge in [0.05, 0.1) is 13.7 Å². The first-order valence-corrected chi connectivity index (χ1v) is 9.89. The molecule has 0 saturated heterocycles. The van der Waals surface area contributed by atoms with Gasteiger partial charge in [-0.1, -0.05) is 17.3 Å². The fourth-order valence-electron chi connectivity index (χ4n) is 5.94. The third-order valence-corrected chi connectivity index (χ3v) is 6.72. The summed E-state index contributed by atoms with van der Waals surface area (Å²) in [5.41, 5.74) is 0.682. The van der Waals surface area contributed by atoms with E-state index in [-0.39, 0.29) is 17.9 Å². The number of amides is 1. The van der Waals surface area contributed by atoms with Crippen molar-refractivity contribution in [3.63, 3.8) is 0 Å². The van der Waals surface area contributed by atoms with Crippen LogP contribution in [0.4, 0.5) is 0 Å². The van der Waals surface area contributed by atoms with Crippen LogP contribution in [0.5, 0.6) is 5.75 Å². The molecule has 142 valence electrons. The Bertz CT molecular complexity index is 825. The summed E-state index contributed by atoms with van der Waals surface area (Å²) in [6.45, 7) is 0.289. The molecule has 4 fully saturated rings. The molecule has 0 radical (unpaired) electrons. The molecular formula is C21H25N3O3. The van der Waals surface area contributed by atoms with Crippen LogP contribution in [0.25, 0.3) is 11.4 Å². The monoisotopic (exact) mass is 367 g/mol. The van der Waals surface area contributed by atoms with E-state index in [0.29, 0.717) is 11.7 Å². The van der Waals surface area contributed by atoms with Gasteiger partial charge in [0.1, 0.15) is 5.75 Å². The first kappa shape index (κ1) is 16.8. The van der Waals surface area contributed by atoms with E-state index >= 15 is 0 Å². The lowest BCUT2D eigenvalue weighted by molar-refractivity contribution is -0.146. The fraction of sp³-hybridized carbons (Fsp3) is 0.571. The molecule has 4 aliphatic rings. The third-order valence-electron chi connectivity index (χ3n) is 6.72. The van der Waals surface area contributed by atoms with Gasteiger partial charge in [-0.2, -0.15) is 4.98 Å². The van der Waals surface area contributed by atoms with Crippen LogP contribution in [0.15, 0.2) is 28.8 Å². The summed E-state index contributed by atoms with van der Waals surface area (Å²) in [5.74, 6) is 4.13. The lowest BCUT2D eigenvalue weighted by Gasteiger charge is -2.55. The SMILES string of the molecule is COc1cccc(-c2noc(CNC(=O)C34CC5CC(CC(C5)C3)C4)n2)c1. The Morgan fingerprint density at radius 3 is 2.59 bits per heavy atom. The highest BCUT2D eigenvalue weighted by atomic mass is 16.5. The zero-order chi connectivity index (χ0) is 18.4. The average Bonchev–Trinajstić information content (AvgIpc) is 3.14. The van der Waals surface area contributed by atoms with Crippen molar-refractivity contribution in [2.24, 2.45) is 23.2 Å². The molecule has 0 atom stereocenters. The molecule has 0 spiro atoms. The Labute approximate surface area is 158 Å². The average molecular weight is 367 g/mol. The number of carbonyl (C=O) groups excluding carboxylic acids is 1. The Balaban J connectivity index is 1.26. The van der Waals surface area contributed by atoms with Crippen LogP contribution in [-0.2, 0) is 11.3 Å². The van der Waals surface area contributed by atoms with Crippen molar-refractivity contribution in [3.05, 3.63) is 30.2 Å². The zero-order valence-corrected chi connectivity index (χ0v) is 15.6. The van der Waals surface area contributed by atoms with Gasteiger partial charge < -0.3 is 14.6 Å². The summed E-state index contributed by atoms with van der Waals surface area (Å²) in [7, 11) is 1.63. The van der Waals surface area contributed by atoms with Crippen molar-refractivity contribution in [1.29, 1.82) is 0 Å². The van der Waals surface area contributed by atoms with Gasteiger partial charge in [0, 0.05) is 11.0 Å². The second kappa shape index (κ2) is 6.36. The molecule has 6 heteroatoms. The number of hydrogen-bond donors (Lipinski definition) is 1. The molecule has 0 unspecified atom stereocenters. The molecule has 1 aromatic carbocycles. The molecule has 6 nitrogen and oxygen atoms in total. The molecule has 27 heavy (non-hydrogen) atoms. The number of nitrogens with zero attached hydrogens (tertiary/aromatic N) is 2. The van der Waals surface area contributed by atoms with Gasteiger partial charge in [-0.15, -0.1) is 0 Å². The predicted molar refractivity (Wildman–Crippen MR) is 98.7 cm³/mol. The molecule has 6 rings (SSSR count). The summed E-state index contributed by atoms with van der Waals surface area (Å²) >= 11 is 0. The van der Waals surface area contributed by atoms with Crippen LogP contribution in [-0.4, -0.2) is 23.2 Å². The number of methoxy groups -OCH3 is 1. The smallest absolute Gasteiger partial charge is 0.246 e. The predicted octanol–water partition coefficient (Wildman–Crippen LogP) is 3.58. The fourth-order valence-corrected chi connectivity index (χ4v) is 5.94. The standard InChI is InChI=1S/C21H25N3O3/c1-26-17-4-2-3-16(8-17)19-23-18(27-24-19)12-22-20(25)21-9-13-5-14(10-21)7-15(6-13)11-21/h2-4,8,13-15H,5-7,9-12H2,1H3,(H,22,25). The van der Waals surface area contributed by atoms with E-state index in [9.17, 15) is 4.79 Å². The summed E-state index contributed by atoms with van der Waals surface area (Å²) in [5, 5.41) is 7.12. The third kappa shape index (κ3) is 3.01.